The Bertz CT molecular complexity index is 685. The molecule has 0 radical (unpaired) electrons. The van der Waals surface area contributed by atoms with Gasteiger partial charge >= 0.3 is 12.1 Å². The summed E-state index contributed by atoms with van der Waals surface area (Å²) in [6, 6.07) is 7.13. The van der Waals surface area contributed by atoms with Crippen LogP contribution in [0.25, 0.3) is 0 Å². The number of hydrogen-bond acceptors (Lipinski definition) is 4. The Balaban J connectivity index is 2.69. The SMILES string of the molecule is C[C@H](NC(=O)C(C)(C)C)C(=O)OCC(=O)N(Cc1ccccc1)CC(F)(F)F. The number of nitrogens with one attached hydrogen (secondary N) is 1. The predicted octanol–water partition coefficient (Wildman–Crippen LogP) is 2.67. The summed E-state index contributed by atoms with van der Waals surface area (Å²) in [5.74, 6) is -2.28. The molecule has 1 N–H and O–H groups in total. The Labute approximate surface area is 162 Å². The van der Waals surface area contributed by atoms with Crippen molar-refractivity contribution in [3.05, 3.63) is 35.9 Å². The molecule has 1 aromatic rings. The first kappa shape index (κ1) is 23.5. The lowest BCUT2D eigenvalue weighted by Crippen LogP contribution is -2.46. The van der Waals surface area contributed by atoms with Crippen LogP contribution in [0, 0.1) is 5.41 Å². The van der Waals surface area contributed by atoms with E-state index in [1.165, 1.54) is 6.92 Å². The maximum atomic E-state index is 12.8. The number of amides is 2. The highest BCUT2D eigenvalue weighted by Gasteiger charge is 2.33. The van der Waals surface area contributed by atoms with Gasteiger partial charge in [-0.1, -0.05) is 51.1 Å². The van der Waals surface area contributed by atoms with Gasteiger partial charge in [-0.15, -0.1) is 0 Å². The molecule has 9 heteroatoms. The Morgan fingerprint density at radius 3 is 2.18 bits per heavy atom. The minimum absolute atomic E-state index is 0.271. The van der Waals surface area contributed by atoms with E-state index >= 15 is 0 Å². The Hall–Kier alpha value is -2.58. The second-order valence-corrected chi connectivity index (χ2v) is 7.40. The number of rotatable bonds is 7. The van der Waals surface area contributed by atoms with Crippen molar-refractivity contribution in [3.8, 4) is 0 Å². The zero-order valence-corrected chi connectivity index (χ0v) is 16.3. The van der Waals surface area contributed by atoms with E-state index in [9.17, 15) is 27.6 Å². The number of benzene rings is 1. The Morgan fingerprint density at radius 1 is 1.11 bits per heavy atom. The summed E-state index contributed by atoms with van der Waals surface area (Å²) in [6.07, 6.45) is -4.59. The maximum Gasteiger partial charge on any atom is 0.406 e. The molecule has 0 unspecified atom stereocenters. The molecule has 28 heavy (non-hydrogen) atoms. The van der Waals surface area contributed by atoms with Crippen molar-refractivity contribution in [2.45, 2.75) is 46.5 Å². The Morgan fingerprint density at radius 2 is 1.68 bits per heavy atom. The predicted molar refractivity (Wildman–Crippen MR) is 95.9 cm³/mol. The molecule has 1 atom stereocenters. The quantitative estimate of drug-likeness (QED) is 0.712. The average molecular weight is 402 g/mol. The van der Waals surface area contributed by atoms with E-state index in [4.69, 9.17) is 4.74 Å². The van der Waals surface area contributed by atoms with Crippen LogP contribution in [0.1, 0.15) is 33.3 Å². The molecule has 156 valence electrons. The largest absolute Gasteiger partial charge is 0.454 e. The van der Waals surface area contributed by atoms with Gasteiger partial charge in [0.25, 0.3) is 5.91 Å². The number of carbonyl (C=O) groups excluding carboxylic acids is 3. The molecule has 1 rings (SSSR count). The van der Waals surface area contributed by atoms with Crippen molar-refractivity contribution in [2.24, 2.45) is 5.41 Å². The van der Waals surface area contributed by atoms with Crippen molar-refractivity contribution in [1.82, 2.24) is 10.2 Å². The summed E-state index contributed by atoms with van der Waals surface area (Å²) < 4.78 is 43.2. The van der Waals surface area contributed by atoms with E-state index < -0.39 is 48.6 Å². The minimum atomic E-state index is -4.59. The Kier molecular flexibility index (Phi) is 8.01. The van der Waals surface area contributed by atoms with E-state index in [-0.39, 0.29) is 6.54 Å². The molecule has 0 spiro atoms. The van der Waals surface area contributed by atoms with E-state index in [2.05, 4.69) is 5.32 Å². The van der Waals surface area contributed by atoms with Crippen molar-refractivity contribution < 1.29 is 32.3 Å². The third-order valence-corrected chi connectivity index (χ3v) is 3.66. The molecular formula is C19H25F3N2O4. The molecule has 0 fully saturated rings. The molecule has 0 aliphatic carbocycles. The lowest BCUT2D eigenvalue weighted by atomic mass is 9.95. The van der Waals surface area contributed by atoms with Crippen molar-refractivity contribution in [3.63, 3.8) is 0 Å². The number of carbonyl (C=O) groups is 3. The summed E-state index contributed by atoms with van der Waals surface area (Å²) in [5, 5.41) is 2.43. The number of hydrogen-bond donors (Lipinski definition) is 1. The fourth-order valence-electron chi connectivity index (χ4n) is 2.07. The molecule has 0 aliphatic heterocycles. The molecule has 0 bridgehead atoms. The van der Waals surface area contributed by atoms with Crippen LogP contribution in [-0.2, 0) is 25.7 Å². The standard InChI is InChI=1S/C19H25F3N2O4/c1-13(23-17(27)18(2,3)4)16(26)28-11-15(25)24(12-19(20,21)22)10-14-8-6-5-7-9-14/h5-9,13H,10-12H2,1-4H3,(H,23,27)/t13-/m0/s1. The maximum absolute atomic E-state index is 12.8. The van der Waals surface area contributed by atoms with Gasteiger partial charge in [-0.05, 0) is 12.5 Å². The number of ether oxygens (including phenoxy) is 1. The zero-order valence-electron chi connectivity index (χ0n) is 16.3. The summed E-state index contributed by atoms with van der Waals surface area (Å²) in [6.45, 7) is 3.75. The van der Waals surface area contributed by atoms with Gasteiger partial charge in [0.05, 0.1) is 0 Å². The number of halogens is 3. The van der Waals surface area contributed by atoms with Crippen LogP contribution in [0.4, 0.5) is 13.2 Å². The molecule has 2 amide bonds. The fourth-order valence-corrected chi connectivity index (χ4v) is 2.07. The van der Waals surface area contributed by atoms with E-state index in [1.807, 2.05) is 0 Å². The molecule has 0 aromatic heterocycles. The summed E-state index contributed by atoms with van der Waals surface area (Å²) in [7, 11) is 0. The van der Waals surface area contributed by atoms with E-state index in [0.29, 0.717) is 10.5 Å². The number of nitrogens with zero attached hydrogens (tertiary/aromatic N) is 1. The van der Waals surface area contributed by atoms with Gasteiger partial charge in [0, 0.05) is 12.0 Å². The van der Waals surface area contributed by atoms with Gasteiger partial charge in [-0.25, -0.2) is 4.79 Å². The van der Waals surface area contributed by atoms with E-state index in [1.54, 1.807) is 51.1 Å². The highest BCUT2D eigenvalue weighted by atomic mass is 19.4. The van der Waals surface area contributed by atoms with Crippen LogP contribution in [0.5, 0.6) is 0 Å². The molecule has 0 saturated carbocycles. The van der Waals surface area contributed by atoms with Gasteiger partial charge in [-0.2, -0.15) is 13.2 Å². The van der Waals surface area contributed by atoms with Crippen LogP contribution in [-0.4, -0.2) is 48.1 Å². The van der Waals surface area contributed by atoms with Crippen molar-refractivity contribution >= 4 is 17.8 Å². The molecule has 0 aliphatic rings. The molecule has 0 heterocycles. The highest BCUT2D eigenvalue weighted by Crippen LogP contribution is 2.18. The van der Waals surface area contributed by atoms with Gasteiger partial charge in [-0.3, -0.25) is 9.59 Å². The van der Waals surface area contributed by atoms with Crippen LogP contribution < -0.4 is 5.32 Å². The topological polar surface area (TPSA) is 75.7 Å². The first-order valence-corrected chi connectivity index (χ1v) is 8.65. The smallest absolute Gasteiger partial charge is 0.406 e. The minimum Gasteiger partial charge on any atom is -0.454 e. The van der Waals surface area contributed by atoms with Crippen molar-refractivity contribution in [2.75, 3.05) is 13.2 Å². The first-order chi connectivity index (χ1) is 12.8. The summed E-state index contributed by atoms with van der Waals surface area (Å²) in [4.78, 5) is 36.6. The van der Waals surface area contributed by atoms with Gasteiger partial charge in [0.15, 0.2) is 6.61 Å². The lowest BCUT2D eigenvalue weighted by Gasteiger charge is -2.24. The number of esters is 1. The van der Waals surface area contributed by atoms with Crippen LogP contribution in [0.2, 0.25) is 0 Å². The van der Waals surface area contributed by atoms with Crippen LogP contribution >= 0.6 is 0 Å². The van der Waals surface area contributed by atoms with Gasteiger partial charge in [0.1, 0.15) is 12.6 Å². The fraction of sp³-hybridized carbons (Fsp3) is 0.526. The van der Waals surface area contributed by atoms with Gasteiger partial charge in [0.2, 0.25) is 5.91 Å². The molecule has 6 nitrogen and oxygen atoms in total. The number of alkyl halides is 3. The monoisotopic (exact) mass is 402 g/mol. The summed E-state index contributed by atoms with van der Waals surface area (Å²) in [5.41, 5.74) is -0.221. The van der Waals surface area contributed by atoms with Gasteiger partial charge < -0.3 is 15.0 Å². The average Bonchev–Trinajstić information content (AvgIpc) is 2.57. The molecule has 1 aromatic carbocycles. The zero-order chi connectivity index (χ0) is 21.5. The van der Waals surface area contributed by atoms with Crippen molar-refractivity contribution in [1.29, 1.82) is 0 Å². The molecule has 0 saturated heterocycles. The van der Waals surface area contributed by atoms with Crippen LogP contribution in [0.15, 0.2) is 30.3 Å². The second-order valence-electron chi connectivity index (χ2n) is 7.40. The van der Waals surface area contributed by atoms with Crippen LogP contribution in [0.3, 0.4) is 0 Å². The third-order valence-electron chi connectivity index (χ3n) is 3.66. The lowest BCUT2D eigenvalue weighted by molar-refractivity contribution is -0.168. The highest BCUT2D eigenvalue weighted by molar-refractivity contribution is 5.88. The normalized spacial score (nSPS) is 12.8. The first-order valence-electron chi connectivity index (χ1n) is 8.65. The third kappa shape index (κ3) is 8.41. The second kappa shape index (κ2) is 9.57. The molecular weight excluding hydrogens is 377 g/mol. The van der Waals surface area contributed by atoms with E-state index in [0.717, 1.165) is 0 Å². The summed E-state index contributed by atoms with van der Waals surface area (Å²) >= 11 is 0.